The van der Waals surface area contributed by atoms with Gasteiger partial charge in [-0.05, 0) is 49.4 Å². The molecule has 1 atom stereocenters. The lowest BCUT2D eigenvalue weighted by atomic mass is 10.0. The molecule has 134 valence electrons. The molecule has 1 fully saturated rings. The zero-order valence-electron chi connectivity index (χ0n) is 14.2. The van der Waals surface area contributed by atoms with E-state index in [1.54, 1.807) is 0 Å². The second-order valence-electron chi connectivity index (χ2n) is 6.57. The molecule has 5 nitrogen and oxygen atoms in total. The average molecular weight is 356 g/mol. The summed E-state index contributed by atoms with van der Waals surface area (Å²) < 4.78 is 40.5. The second kappa shape index (κ2) is 8.07. The predicted octanol–water partition coefficient (Wildman–Crippen LogP) is 2.53. The highest BCUT2D eigenvalue weighted by Crippen LogP contribution is 2.17. The van der Waals surface area contributed by atoms with Crippen LogP contribution < -0.4 is 4.72 Å². The van der Waals surface area contributed by atoms with Crippen molar-refractivity contribution in [1.29, 1.82) is 0 Å². The summed E-state index contributed by atoms with van der Waals surface area (Å²) in [7, 11) is -3.79. The van der Waals surface area contributed by atoms with Crippen LogP contribution in [0.15, 0.2) is 29.2 Å². The zero-order valence-corrected chi connectivity index (χ0v) is 15.0. The first kappa shape index (κ1) is 18.9. The Kier molecular flexibility index (Phi) is 6.34. The monoisotopic (exact) mass is 356 g/mol. The van der Waals surface area contributed by atoms with Crippen LogP contribution >= 0.6 is 0 Å². The molecular formula is C17H25FN2O3S. The standard InChI is InChI=1S/C17H25FN2O3S/c1-13(2)16(12-17(21)20-10-4-3-5-11-20)19-24(22,23)15-8-6-14(18)7-9-15/h6-9,13,16,19H,3-5,10-12H2,1-2H3. The van der Waals surface area contributed by atoms with Crippen LogP contribution in [0.1, 0.15) is 39.5 Å². The van der Waals surface area contributed by atoms with Crippen molar-refractivity contribution in [3.63, 3.8) is 0 Å². The molecule has 7 heteroatoms. The molecule has 1 heterocycles. The molecule has 1 saturated heterocycles. The number of nitrogens with one attached hydrogen (secondary N) is 1. The Hall–Kier alpha value is -1.47. The summed E-state index contributed by atoms with van der Waals surface area (Å²) in [4.78, 5) is 14.2. The topological polar surface area (TPSA) is 66.5 Å². The third-order valence-electron chi connectivity index (χ3n) is 4.34. The van der Waals surface area contributed by atoms with Gasteiger partial charge in [-0.25, -0.2) is 17.5 Å². The van der Waals surface area contributed by atoms with Crippen LogP contribution in [0.4, 0.5) is 4.39 Å². The molecular weight excluding hydrogens is 331 g/mol. The maximum absolute atomic E-state index is 13.0. The molecule has 24 heavy (non-hydrogen) atoms. The van der Waals surface area contributed by atoms with Gasteiger partial charge in [-0.15, -0.1) is 0 Å². The van der Waals surface area contributed by atoms with E-state index in [-0.39, 0.29) is 23.1 Å². The molecule has 1 unspecified atom stereocenters. The van der Waals surface area contributed by atoms with Gasteiger partial charge < -0.3 is 4.90 Å². The third-order valence-corrected chi connectivity index (χ3v) is 5.84. The molecule has 0 aromatic heterocycles. The molecule has 1 amide bonds. The van der Waals surface area contributed by atoms with Crippen molar-refractivity contribution in [1.82, 2.24) is 9.62 Å². The van der Waals surface area contributed by atoms with E-state index in [4.69, 9.17) is 0 Å². The van der Waals surface area contributed by atoms with E-state index in [1.807, 2.05) is 18.7 Å². The van der Waals surface area contributed by atoms with Gasteiger partial charge in [-0.1, -0.05) is 13.8 Å². The van der Waals surface area contributed by atoms with Crippen LogP contribution in [0.2, 0.25) is 0 Å². The number of piperidine rings is 1. The number of carbonyl (C=O) groups excluding carboxylic acids is 1. The lowest BCUT2D eigenvalue weighted by molar-refractivity contribution is -0.132. The van der Waals surface area contributed by atoms with E-state index in [2.05, 4.69) is 4.72 Å². The highest BCUT2D eigenvalue weighted by molar-refractivity contribution is 7.89. The SMILES string of the molecule is CC(C)C(CC(=O)N1CCCCC1)NS(=O)(=O)c1ccc(F)cc1. The summed E-state index contributed by atoms with van der Waals surface area (Å²) in [6.45, 7) is 5.24. The van der Waals surface area contributed by atoms with E-state index in [1.165, 1.54) is 12.1 Å². The number of amides is 1. The first-order valence-electron chi connectivity index (χ1n) is 8.35. The van der Waals surface area contributed by atoms with Gasteiger partial charge in [0.15, 0.2) is 0 Å². The van der Waals surface area contributed by atoms with E-state index >= 15 is 0 Å². The minimum absolute atomic E-state index is 0.0000264. The van der Waals surface area contributed by atoms with E-state index < -0.39 is 21.9 Å². The van der Waals surface area contributed by atoms with Crippen molar-refractivity contribution in [3.8, 4) is 0 Å². The number of nitrogens with zero attached hydrogens (tertiary/aromatic N) is 1. The molecule has 1 aliphatic heterocycles. The van der Waals surface area contributed by atoms with Gasteiger partial charge in [0, 0.05) is 25.6 Å². The highest BCUT2D eigenvalue weighted by atomic mass is 32.2. The van der Waals surface area contributed by atoms with Crippen molar-refractivity contribution >= 4 is 15.9 Å². The van der Waals surface area contributed by atoms with Crippen LogP contribution in [0, 0.1) is 11.7 Å². The third kappa shape index (κ3) is 5.01. The molecule has 2 rings (SSSR count). The summed E-state index contributed by atoms with van der Waals surface area (Å²) in [6, 6.07) is 4.17. The Balaban J connectivity index is 2.07. The Morgan fingerprint density at radius 2 is 1.75 bits per heavy atom. The Bertz CT molecular complexity index is 653. The molecule has 0 bridgehead atoms. The minimum atomic E-state index is -3.79. The van der Waals surface area contributed by atoms with Crippen LogP contribution in [-0.4, -0.2) is 38.4 Å². The Morgan fingerprint density at radius 1 is 1.17 bits per heavy atom. The van der Waals surface area contributed by atoms with E-state index in [0.29, 0.717) is 0 Å². The molecule has 1 N–H and O–H groups in total. The van der Waals surface area contributed by atoms with Crippen LogP contribution in [0.25, 0.3) is 0 Å². The predicted molar refractivity (Wildman–Crippen MR) is 90.4 cm³/mol. The first-order valence-corrected chi connectivity index (χ1v) is 9.83. The lowest BCUT2D eigenvalue weighted by Gasteiger charge is -2.29. The minimum Gasteiger partial charge on any atom is -0.343 e. The van der Waals surface area contributed by atoms with Gasteiger partial charge in [0.1, 0.15) is 5.82 Å². The fourth-order valence-corrected chi connectivity index (χ4v) is 4.14. The number of halogens is 1. The first-order chi connectivity index (χ1) is 11.3. The van der Waals surface area contributed by atoms with Crippen molar-refractivity contribution in [2.75, 3.05) is 13.1 Å². The van der Waals surface area contributed by atoms with Crippen molar-refractivity contribution in [3.05, 3.63) is 30.1 Å². The maximum Gasteiger partial charge on any atom is 0.240 e. The van der Waals surface area contributed by atoms with E-state index in [9.17, 15) is 17.6 Å². The number of carbonyl (C=O) groups is 1. The molecule has 1 aromatic carbocycles. The summed E-state index contributed by atoms with van der Waals surface area (Å²) in [5.74, 6) is -0.543. The largest absolute Gasteiger partial charge is 0.343 e. The number of sulfonamides is 1. The molecule has 0 aliphatic carbocycles. The Morgan fingerprint density at radius 3 is 2.29 bits per heavy atom. The van der Waals surface area contributed by atoms with Gasteiger partial charge in [0.25, 0.3) is 0 Å². The molecule has 1 aliphatic rings. The fourth-order valence-electron chi connectivity index (χ4n) is 2.76. The maximum atomic E-state index is 13.0. The summed E-state index contributed by atoms with van der Waals surface area (Å²) in [6.07, 6.45) is 3.27. The number of rotatable bonds is 6. The van der Waals surface area contributed by atoms with Gasteiger partial charge in [-0.3, -0.25) is 4.79 Å². The summed E-state index contributed by atoms with van der Waals surface area (Å²) in [5, 5.41) is 0. The molecule has 0 radical (unpaired) electrons. The van der Waals surface area contributed by atoms with Gasteiger partial charge in [0.05, 0.1) is 4.90 Å². The average Bonchev–Trinajstić information content (AvgIpc) is 2.55. The molecule has 0 spiro atoms. The van der Waals surface area contributed by atoms with Gasteiger partial charge in [-0.2, -0.15) is 0 Å². The number of likely N-dealkylation sites (tertiary alicyclic amines) is 1. The van der Waals surface area contributed by atoms with E-state index in [0.717, 1.165) is 44.5 Å². The summed E-state index contributed by atoms with van der Waals surface area (Å²) >= 11 is 0. The fraction of sp³-hybridized carbons (Fsp3) is 0.588. The number of hydrogen-bond acceptors (Lipinski definition) is 3. The molecule has 0 saturated carbocycles. The highest BCUT2D eigenvalue weighted by Gasteiger charge is 2.27. The van der Waals surface area contributed by atoms with Gasteiger partial charge >= 0.3 is 0 Å². The zero-order chi connectivity index (χ0) is 17.7. The lowest BCUT2D eigenvalue weighted by Crippen LogP contribution is -2.44. The second-order valence-corrected chi connectivity index (χ2v) is 8.29. The van der Waals surface area contributed by atoms with Crippen LogP contribution in [-0.2, 0) is 14.8 Å². The van der Waals surface area contributed by atoms with Gasteiger partial charge in [0.2, 0.25) is 15.9 Å². The quantitative estimate of drug-likeness (QED) is 0.852. The van der Waals surface area contributed by atoms with Crippen molar-refractivity contribution in [2.24, 2.45) is 5.92 Å². The molecule has 1 aromatic rings. The van der Waals surface area contributed by atoms with Crippen LogP contribution in [0.3, 0.4) is 0 Å². The summed E-state index contributed by atoms with van der Waals surface area (Å²) in [5.41, 5.74) is 0. The van der Waals surface area contributed by atoms with Crippen molar-refractivity contribution in [2.45, 2.75) is 50.5 Å². The normalized spacial score (nSPS) is 17.1. The Labute approximate surface area is 143 Å². The van der Waals surface area contributed by atoms with Crippen LogP contribution in [0.5, 0.6) is 0 Å². The number of hydrogen-bond donors (Lipinski definition) is 1. The smallest absolute Gasteiger partial charge is 0.240 e. The number of benzene rings is 1. The van der Waals surface area contributed by atoms with Crippen molar-refractivity contribution < 1.29 is 17.6 Å².